The Balaban J connectivity index is 2.48. The molecule has 0 fully saturated rings. The standard InChI is InChI=1S/C10H9N3O/c1-13-6-9(12-10(13)7-14)8-3-2-4-11-5-8/h2-7H,1H3. The molecule has 2 aromatic rings. The maximum Gasteiger partial charge on any atom is 0.185 e. The van der Waals surface area contributed by atoms with Gasteiger partial charge in [-0.3, -0.25) is 9.78 Å². The summed E-state index contributed by atoms with van der Waals surface area (Å²) in [6, 6.07) is 3.74. The highest BCUT2D eigenvalue weighted by Crippen LogP contribution is 2.15. The van der Waals surface area contributed by atoms with Crippen LogP contribution in [0.15, 0.2) is 30.7 Å². The number of carbonyl (C=O) groups is 1. The molecule has 0 spiro atoms. The molecule has 0 bridgehead atoms. The molecule has 14 heavy (non-hydrogen) atoms. The predicted octanol–water partition coefficient (Wildman–Crippen LogP) is 1.29. The van der Waals surface area contributed by atoms with E-state index < -0.39 is 0 Å². The lowest BCUT2D eigenvalue weighted by molar-refractivity contribution is 0.111. The number of hydrogen-bond acceptors (Lipinski definition) is 3. The Hall–Kier alpha value is -1.97. The third kappa shape index (κ3) is 1.42. The third-order valence-corrected chi connectivity index (χ3v) is 1.98. The van der Waals surface area contributed by atoms with E-state index in [0.717, 1.165) is 17.5 Å². The van der Waals surface area contributed by atoms with Crippen LogP contribution in [0.4, 0.5) is 0 Å². The first-order chi connectivity index (χ1) is 6.81. The molecule has 0 saturated carbocycles. The average Bonchev–Trinajstić information content (AvgIpc) is 2.61. The molecular formula is C10H9N3O. The number of aldehydes is 1. The van der Waals surface area contributed by atoms with Gasteiger partial charge in [0, 0.05) is 31.2 Å². The van der Waals surface area contributed by atoms with E-state index in [0.29, 0.717) is 5.82 Å². The number of aromatic nitrogens is 3. The highest BCUT2D eigenvalue weighted by Gasteiger charge is 2.05. The number of imidazole rings is 1. The second-order valence-electron chi connectivity index (χ2n) is 2.95. The number of carbonyl (C=O) groups excluding carboxylic acids is 1. The van der Waals surface area contributed by atoms with E-state index in [1.165, 1.54) is 0 Å². The van der Waals surface area contributed by atoms with Crippen LogP contribution >= 0.6 is 0 Å². The first-order valence-corrected chi connectivity index (χ1v) is 4.20. The van der Waals surface area contributed by atoms with Crippen LogP contribution < -0.4 is 0 Å². The summed E-state index contributed by atoms with van der Waals surface area (Å²) < 4.78 is 1.69. The summed E-state index contributed by atoms with van der Waals surface area (Å²) in [4.78, 5) is 18.7. The first-order valence-electron chi connectivity index (χ1n) is 4.20. The van der Waals surface area contributed by atoms with Crippen LogP contribution in [0.3, 0.4) is 0 Å². The fourth-order valence-electron chi connectivity index (χ4n) is 1.24. The number of nitrogens with zero attached hydrogens (tertiary/aromatic N) is 3. The maximum atomic E-state index is 10.6. The molecule has 0 atom stereocenters. The van der Waals surface area contributed by atoms with Gasteiger partial charge in [0.25, 0.3) is 0 Å². The summed E-state index contributed by atoms with van der Waals surface area (Å²) in [7, 11) is 1.79. The molecule has 0 amide bonds. The van der Waals surface area contributed by atoms with Crippen molar-refractivity contribution >= 4 is 6.29 Å². The van der Waals surface area contributed by atoms with Gasteiger partial charge in [-0.2, -0.15) is 0 Å². The van der Waals surface area contributed by atoms with E-state index in [1.807, 2.05) is 12.1 Å². The smallest absolute Gasteiger partial charge is 0.185 e. The molecule has 4 heteroatoms. The van der Waals surface area contributed by atoms with Crippen molar-refractivity contribution in [2.75, 3.05) is 0 Å². The largest absolute Gasteiger partial charge is 0.331 e. The van der Waals surface area contributed by atoms with Crippen LogP contribution in [0.1, 0.15) is 10.6 Å². The fourth-order valence-corrected chi connectivity index (χ4v) is 1.24. The number of aryl methyl sites for hydroxylation is 1. The Bertz CT molecular complexity index is 448. The lowest BCUT2D eigenvalue weighted by Gasteiger charge is -1.92. The van der Waals surface area contributed by atoms with E-state index in [2.05, 4.69) is 9.97 Å². The van der Waals surface area contributed by atoms with Crippen LogP contribution in [0.2, 0.25) is 0 Å². The monoisotopic (exact) mass is 187 g/mol. The van der Waals surface area contributed by atoms with Crippen LogP contribution in [0, 0.1) is 0 Å². The van der Waals surface area contributed by atoms with Crippen molar-refractivity contribution in [1.29, 1.82) is 0 Å². The van der Waals surface area contributed by atoms with Crippen LogP contribution in [0.25, 0.3) is 11.3 Å². The van der Waals surface area contributed by atoms with Gasteiger partial charge in [-0.1, -0.05) is 0 Å². The Morgan fingerprint density at radius 3 is 2.93 bits per heavy atom. The van der Waals surface area contributed by atoms with Crippen molar-refractivity contribution in [2.45, 2.75) is 0 Å². The molecule has 2 heterocycles. The van der Waals surface area contributed by atoms with Gasteiger partial charge in [0.05, 0.1) is 5.69 Å². The Morgan fingerprint density at radius 1 is 1.50 bits per heavy atom. The molecule has 0 N–H and O–H groups in total. The molecule has 0 aromatic carbocycles. The zero-order valence-corrected chi connectivity index (χ0v) is 7.71. The molecule has 0 saturated heterocycles. The van der Waals surface area contributed by atoms with Gasteiger partial charge in [-0.25, -0.2) is 4.98 Å². The van der Waals surface area contributed by atoms with Crippen molar-refractivity contribution < 1.29 is 4.79 Å². The molecule has 70 valence electrons. The first kappa shape index (κ1) is 8.62. The van der Waals surface area contributed by atoms with Crippen molar-refractivity contribution in [3.05, 3.63) is 36.5 Å². The lowest BCUT2D eigenvalue weighted by Crippen LogP contribution is -1.92. The van der Waals surface area contributed by atoms with E-state index in [4.69, 9.17) is 0 Å². The van der Waals surface area contributed by atoms with Crippen LogP contribution in [-0.2, 0) is 7.05 Å². The zero-order valence-electron chi connectivity index (χ0n) is 7.71. The summed E-state index contributed by atoms with van der Waals surface area (Å²) in [5, 5.41) is 0. The number of rotatable bonds is 2. The average molecular weight is 187 g/mol. The maximum absolute atomic E-state index is 10.6. The molecular weight excluding hydrogens is 178 g/mol. The highest BCUT2D eigenvalue weighted by molar-refractivity contribution is 5.72. The van der Waals surface area contributed by atoms with Gasteiger partial charge in [0.1, 0.15) is 0 Å². The molecule has 2 aromatic heterocycles. The summed E-state index contributed by atoms with van der Waals surface area (Å²) in [6.45, 7) is 0. The van der Waals surface area contributed by atoms with Crippen molar-refractivity contribution in [3.8, 4) is 11.3 Å². The SMILES string of the molecule is Cn1cc(-c2cccnc2)nc1C=O. The minimum Gasteiger partial charge on any atom is -0.331 e. The summed E-state index contributed by atoms with van der Waals surface area (Å²) in [5.74, 6) is 0.420. The molecule has 4 nitrogen and oxygen atoms in total. The van der Waals surface area contributed by atoms with Crippen molar-refractivity contribution in [2.24, 2.45) is 7.05 Å². The predicted molar refractivity (Wildman–Crippen MR) is 51.8 cm³/mol. The molecule has 0 aliphatic rings. The van der Waals surface area contributed by atoms with Gasteiger partial charge < -0.3 is 4.57 Å². The molecule has 0 unspecified atom stereocenters. The second-order valence-corrected chi connectivity index (χ2v) is 2.95. The minimum absolute atomic E-state index is 0.420. The lowest BCUT2D eigenvalue weighted by atomic mass is 10.2. The van der Waals surface area contributed by atoms with E-state index in [-0.39, 0.29) is 0 Å². The molecule has 0 aliphatic carbocycles. The minimum atomic E-state index is 0.420. The summed E-state index contributed by atoms with van der Waals surface area (Å²) in [5.41, 5.74) is 1.68. The van der Waals surface area contributed by atoms with Gasteiger partial charge in [-0.05, 0) is 12.1 Å². The quantitative estimate of drug-likeness (QED) is 0.665. The van der Waals surface area contributed by atoms with Crippen molar-refractivity contribution in [3.63, 3.8) is 0 Å². The van der Waals surface area contributed by atoms with Gasteiger partial charge in [-0.15, -0.1) is 0 Å². The normalized spacial score (nSPS) is 10.1. The number of hydrogen-bond donors (Lipinski definition) is 0. The summed E-state index contributed by atoms with van der Waals surface area (Å²) in [6.07, 6.45) is 5.96. The topological polar surface area (TPSA) is 47.8 Å². The molecule has 0 radical (unpaired) electrons. The Labute approximate surface area is 81.2 Å². The third-order valence-electron chi connectivity index (χ3n) is 1.98. The fraction of sp³-hybridized carbons (Fsp3) is 0.100. The Morgan fingerprint density at radius 2 is 2.36 bits per heavy atom. The van der Waals surface area contributed by atoms with Crippen LogP contribution in [-0.4, -0.2) is 20.8 Å². The van der Waals surface area contributed by atoms with Crippen LogP contribution in [0.5, 0.6) is 0 Å². The van der Waals surface area contributed by atoms with Gasteiger partial charge >= 0.3 is 0 Å². The van der Waals surface area contributed by atoms with E-state index >= 15 is 0 Å². The van der Waals surface area contributed by atoms with E-state index in [1.54, 1.807) is 30.2 Å². The molecule has 2 rings (SSSR count). The zero-order chi connectivity index (χ0) is 9.97. The summed E-state index contributed by atoms with van der Waals surface area (Å²) >= 11 is 0. The second kappa shape index (κ2) is 3.41. The number of pyridine rings is 1. The Kier molecular flexibility index (Phi) is 2.10. The highest BCUT2D eigenvalue weighted by atomic mass is 16.1. The molecule has 0 aliphatic heterocycles. The van der Waals surface area contributed by atoms with Gasteiger partial charge in [0.2, 0.25) is 0 Å². The van der Waals surface area contributed by atoms with Gasteiger partial charge in [0.15, 0.2) is 12.1 Å². The van der Waals surface area contributed by atoms with E-state index in [9.17, 15) is 4.79 Å². The van der Waals surface area contributed by atoms with Crippen molar-refractivity contribution in [1.82, 2.24) is 14.5 Å².